The molecule has 116 valence electrons. The van der Waals surface area contributed by atoms with Crippen LogP contribution < -0.4 is 10.6 Å². The number of hydrogen-bond acceptors (Lipinski definition) is 3. The van der Waals surface area contributed by atoms with Gasteiger partial charge in [-0.25, -0.2) is 0 Å². The van der Waals surface area contributed by atoms with Crippen molar-refractivity contribution in [1.29, 1.82) is 0 Å². The van der Waals surface area contributed by atoms with Crippen LogP contribution in [-0.4, -0.2) is 31.7 Å². The van der Waals surface area contributed by atoms with Crippen molar-refractivity contribution in [2.45, 2.75) is 44.6 Å². The molecule has 1 unspecified atom stereocenters. The summed E-state index contributed by atoms with van der Waals surface area (Å²) < 4.78 is 5.14. The fourth-order valence-electron chi connectivity index (χ4n) is 3.07. The maximum Gasteiger partial charge on any atom is 0.244 e. The molecule has 2 rings (SSSR count). The van der Waals surface area contributed by atoms with E-state index in [2.05, 4.69) is 17.6 Å². The summed E-state index contributed by atoms with van der Waals surface area (Å²) in [6.07, 6.45) is 4.69. The van der Waals surface area contributed by atoms with Gasteiger partial charge < -0.3 is 15.4 Å². The number of ether oxygens (including phenoxy) is 1. The quantitative estimate of drug-likeness (QED) is 0.812. The number of anilines is 1. The maximum absolute atomic E-state index is 12.7. The summed E-state index contributed by atoms with van der Waals surface area (Å²) in [5, 5.41) is 6.55. The molecule has 1 fully saturated rings. The van der Waals surface area contributed by atoms with Crippen molar-refractivity contribution in [3.63, 3.8) is 0 Å². The van der Waals surface area contributed by atoms with Gasteiger partial charge in [0.15, 0.2) is 0 Å². The Morgan fingerprint density at radius 1 is 1.43 bits per heavy atom. The molecule has 0 radical (unpaired) electrons. The molecule has 0 saturated carbocycles. The minimum Gasteiger partial charge on any atom is -0.384 e. The van der Waals surface area contributed by atoms with Gasteiger partial charge in [-0.1, -0.05) is 31.5 Å². The molecule has 1 aliphatic heterocycles. The highest BCUT2D eigenvalue weighted by atomic mass is 16.5. The van der Waals surface area contributed by atoms with Crippen molar-refractivity contribution in [2.24, 2.45) is 0 Å². The van der Waals surface area contributed by atoms with Crippen LogP contribution in [0.3, 0.4) is 0 Å². The van der Waals surface area contributed by atoms with Crippen molar-refractivity contribution in [2.75, 3.05) is 25.6 Å². The number of carbonyl (C=O) groups is 1. The molecule has 0 aromatic heterocycles. The number of para-hydroxylation sites is 1. The first-order valence-corrected chi connectivity index (χ1v) is 7.85. The average Bonchev–Trinajstić information content (AvgIpc) is 2.97. The minimum absolute atomic E-state index is 0.103. The molecule has 0 aliphatic carbocycles. The normalized spacial score (nSPS) is 21.4. The second-order valence-corrected chi connectivity index (χ2v) is 5.72. The number of rotatable bonds is 7. The van der Waals surface area contributed by atoms with Crippen molar-refractivity contribution < 1.29 is 9.53 Å². The molecule has 1 heterocycles. The highest BCUT2D eigenvalue weighted by Gasteiger charge is 2.39. The Labute approximate surface area is 127 Å². The summed E-state index contributed by atoms with van der Waals surface area (Å²) in [5.74, 6) is 0.103. The molecule has 0 bridgehead atoms. The van der Waals surface area contributed by atoms with Gasteiger partial charge in [-0.15, -0.1) is 0 Å². The molecular formula is C17H26N2O2. The van der Waals surface area contributed by atoms with Crippen LogP contribution in [-0.2, 0) is 16.0 Å². The summed E-state index contributed by atoms with van der Waals surface area (Å²) in [4.78, 5) is 12.7. The number of benzene rings is 1. The van der Waals surface area contributed by atoms with E-state index in [1.165, 1.54) is 0 Å². The largest absolute Gasteiger partial charge is 0.384 e. The number of hydrogen-bond donors (Lipinski definition) is 2. The monoisotopic (exact) mass is 290 g/mol. The van der Waals surface area contributed by atoms with Crippen LogP contribution in [0.15, 0.2) is 24.3 Å². The lowest BCUT2D eigenvalue weighted by molar-refractivity contribution is -0.122. The molecule has 4 heteroatoms. The predicted octanol–water partition coefficient (Wildman–Crippen LogP) is 2.74. The fraction of sp³-hybridized carbons (Fsp3) is 0.588. The molecular weight excluding hydrogens is 264 g/mol. The smallest absolute Gasteiger partial charge is 0.244 e. The Morgan fingerprint density at radius 3 is 2.90 bits per heavy atom. The molecule has 0 spiro atoms. The van der Waals surface area contributed by atoms with E-state index in [1.54, 1.807) is 7.11 Å². The zero-order valence-corrected chi connectivity index (χ0v) is 13.1. The van der Waals surface area contributed by atoms with E-state index in [0.29, 0.717) is 6.61 Å². The third-order valence-electron chi connectivity index (χ3n) is 4.20. The highest BCUT2D eigenvalue weighted by Crippen LogP contribution is 2.27. The molecule has 1 amide bonds. The second-order valence-electron chi connectivity index (χ2n) is 5.72. The van der Waals surface area contributed by atoms with Crippen molar-refractivity contribution in [1.82, 2.24) is 5.32 Å². The zero-order chi connectivity index (χ0) is 15.1. The molecule has 1 aliphatic rings. The van der Waals surface area contributed by atoms with Crippen molar-refractivity contribution >= 4 is 11.6 Å². The summed E-state index contributed by atoms with van der Waals surface area (Å²) in [6.45, 7) is 3.71. The van der Waals surface area contributed by atoms with Crippen molar-refractivity contribution in [3.8, 4) is 0 Å². The van der Waals surface area contributed by atoms with Gasteiger partial charge in [-0.05, 0) is 43.9 Å². The third kappa shape index (κ3) is 3.83. The topological polar surface area (TPSA) is 50.4 Å². The molecule has 2 N–H and O–H groups in total. The Kier molecular flexibility index (Phi) is 5.76. The van der Waals surface area contributed by atoms with Crippen molar-refractivity contribution in [3.05, 3.63) is 29.8 Å². The molecule has 1 saturated heterocycles. The zero-order valence-electron chi connectivity index (χ0n) is 13.1. The van der Waals surface area contributed by atoms with E-state index in [1.807, 2.05) is 24.3 Å². The highest BCUT2D eigenvalue weighted by molar-refractivity contribution is 5.98. The summed E-state index contributed by atoms with van der Waals surface area (Å²) in [7, 11) is 1.69. The second kappa shape index (κ2) is 7.57. The Balaban J connectivity index is 2.11. The molecule has 4 nitrogen and oxygen atoms in total. The van der Waals surface area contributed by atoms with Gasteiger partial charge in [0.05, 0.1) is 12.1 Å². The van der Waals surface area contributed by atoms with Gasteiger partial charge in [-0.2, -0.15) is 0 Å². The van der Waals surface area contributed by atoms with E-state index >= 15 is 0 Å². The van der Waals surface area contributed by atoms with Crippen LogP contribution in [0.5, 0.6) is 0 Å². The average molecular weight is 290 g/mol. The lowest BCUT2D eigenvalue weighted by Gasteiger charge is -2.28. The Morgan fingerprint density at radius 2 is 2.24 bits per heavy atom. The fourth-order valence-corrected chi connectivity index (χ4v) is 3.07. The Bertz CT molecular complexity index is 468. The predicted molar refractivity (Wildman–Crippen MR) is 85.5 cm³/mol. The molecule has 1 aromatic rings. The van der Waals surface area contributed by atoms with Crippen LogP contribution >= 0.6 is 0 Å². The first-order valence-electron chi connectivity index (χ1n) is 7.85. The van der Waals surface area contributed by atoms with E-state index < -0.39 is 0 Å². The van der Waals surface area contributed by atoms with E-state index in [9.17, 15) is 4.79 Å². The first-order chi connectivity index (χ1) is 10.2. The van der Waals surface area contributed by atoms with Crippen LogP contribution in [0.1, 0.15) is 38.2 Å². The lowest BCUT2D eigenvalue weighted by Crippen LogP contribution is -2.50. The van der Waals surface area contributed by atoms with E-state index in [4.69, 9.17) is 4.74 Å². The maximum atomic E-state index is 12.7. The van der Waals surface area contributed by atoms with Crippen LogP contribution in [0.4, 0.5) is 5.69 Å². The standard InChI is InChI=1S/C17H26N2O2/c1-3-10-17(11-6-12-18-17)16(20)19-15-8-5-4-7-14(15)9-13-21-2/h4-5,7-8,18H,3,6,9-13H2,1-2H3,(H,19,20). The molecule has 21 heavy (non-hydrogen) atoms. The number of methoxy groups -OCH3 is 1. The first kappa shape index (κ1) is 16.0. The van der Waals surface area contributed by atoms with E-state index in [0.717, 1.165) is 49.9 Å². The number of carbonyl (C=O) groups excluding carboxylic acids is 1. The summed E-state index contributed by atoms with van der Waals surface area (Å²) in [6, 6.07) is 7.97. The lowest BCUT2D eigenvalue weighted by atomic mass is 9.90. The number of nitrogens with one attached hydrogen (secondary N) is 2. The van der Waals surface area contributed by atoms with E-state index in [-0.39, 0.29) is 11.4 Å². The van der Waals surface area contributed by atoms with Gasteiger partial charge in [0.25, 0.3) is 0 Å². The van der Waals surface area contributed by atoms with Crippen LogP contribution in [0, 0.1) is 0 Å². The third-order valence-corrected chi connectivity index (χ3v) is 4.20. The number of amides is 1. The molecule has 1 aromatic carbocycles. The molecule has 1 atom stereocenters. The van der Waals surface area contributed by atoms with Gasteiger partial charge in [0.1, 0.15) is 0 Å². The van der Waals surface area contributed by atoms with Gasteiger partial charge >= 0.3 is 0 Å². The van der Waals surface area contributed by atoms with Crippen LogP contribution in [0.25, 0.3) is 0 Å². The van der Waals surface area contributed by atoms with Gasteiger partial charge in [0, 0.05) is 12.8 Å². The summed E-state index contributed by atoms with van der Waals surface area (Å²) >= 11 is 0. The van der Waals surface area contributed by atoms with Gasteiger partial charge in [-0.3, -0.25) is 4.79 Å². The minimum atomic E-state index is -0.386. The van der Waals surface area contributed by atoms with Crippen LogP contribution in [0.2, 0.25) is 0 Å². The Hall–Kier alpha value is -1.39. The SMILES string of the molecule is CCCC1(C(=O)Nc2ccccc2CCOC)CCCN1. The summed E-state index contributed by atoms with van der Waals surface area (Å²) in [5.41, 5.74) is 1.64. The van der Waals surface area contributed by atoms with Gasteiger partial charge in [0.2, 0.25) is 5.91 Å².